The number of nitrogens with zero attached hydrogens (tertiary/aromatic N) is 2. The van der Waals surface area contributed by atoms with E-state index in [4.69, 9.17) is 14.5 Å². The molecule has 21 heavy (non-hydrogen) atoms. The standard InChI is InChI=1S/C16H20N2O3/c1-20-15-4-2-3-12-5-6-13(17-16(12)15)9-18-7-8-21-11-14(18)10-19/h2-6,14,19H,7-11H2,1H3. The largest absolute Gasteiger partial charge is 0.494 e. The number of hydrogen-bond acceptors (Lipinski definition) is 5. The third-order valence-electron chi connectivity index (χ3n) is 3.89. The van der Waals surface area contributed by atoms with E-state index in [0.717, 1.165) is 28.9 Å². The van der Waals surface area contributed by atoms with Crippen LogP contribution in [0.25, 0.3) is 10.9 Å². The molecule has 5 nitrogen and oxygen atoms in total. The first kappa shape index (κ1) is 14.3. The first-order valence-electron chi connectivity index (χ1n) is 7.17. The quantitative estimate of drug-likeness (QED) is 0.922. The van der Waals surface area contributed by atoms with Crippen LogP contribution in [0.5, 0.6) is 5.75 Å². The Balaban J connectivity index is 1.86. The maximum atomic E-state index is 9.43. The molecule has 1 aliphatic rings. The number of fused-ring (bicyclic) bond motifs is 1. The van der Waals surface area contributed by atoms with Crippen molar-refractivity contribution in [3.05, 3.63) is 36.0 Å². The Kier molecular flexibility index (Phi) is 4.34. The Morgan fingerprint density at radius 2 is 2.29 bits per heavy atom. The van der Waals surface area contributed by atoms with Crippen LogP contribution in [0.3, 0.4) is 0 Å². The van der Waals surface area contributed by atoms with Gasteiger partial charge in [0.2, 0.25) is 0 Å². The lowest BCUT2D eigenvalue weighted by molar-refractivity contribution is -0.0317. The second kappa shape index (κ2) is 6.39. The molecule has 2 aromatic rings. The van der Waals surface area contributed by atoms with E-state index >= 15 is 0 Å². The molecule has 1 unspecified atom stereocenters. The number of aromatic nitrogens is 1. The van der Waals surface area contributed by atoms with E-state index in [2.05, 4.69) is 11.0 Å². The second-order valence-corrected chi connectivity index (χ2v) is 5.22. The van der Waals surface area contributed by atoms with Crippen LogP contribution in [0.15, 0.2) is 30.3 Å². The highest BCUT2D eigenvalue weighted by molar-refractivity contribution is 5.84. The number of aliphatic hydroxyl groups is 1. The molecule has 5 heteroatoms. The van der Waals surface area contributed by atoms with Gasteiger partial charge >= 0.3 is 0 Å². The number of para-hydroxylation sites is 1. The highest BCUT2D eigenvalue weighted by Gasteiger charge is 2.22. The van der Waals surface area contributed by atoms with Crippen molar-refractivity contribution in [3.8, 4) is 5.75 Å². The van der Waals surface area contributed by atoms with Crippen molar-refractivity contribution in [2.24, 2.45) is 0 Å². The molecule has 1 fully saturated rings. The molecule has 1 atom stereocenters. The van der Waals surface area contributed by atoms with Crippen LogP contribution in [0.4, 0.5) is 0 Å². The maximum absolute atomic E-state index is 9.43. The first-order valence-corrected chi connectivity index (χ1v) is 7.17. The summed E-state index contributed by atoms with van der Waals surface area (Å²) in [5, 5.41) is 10.5. The van der Waals surface area contributed by atoms with E-state index in [1.165, 1.54) is 0 Å². The van der Waals surface area contributed by atoms with E-state index in [9.17, 15) is 5.11 Å². The second-order valence-electron chi connectivity index (χ2n) is 5.22. The van der Waals surface area contributed by atoms with Gasteiger partial charge in [0, 0.05) is 18.5 Å². The van der Waals surface area contributed by atoms with Gasteiger partial charge < -0.3 is 14.6 Å². The molecule has 1 aromatic carbocycles. The molecule has 0 aliphatic carbocycles. The average Bonchev–Trinajstić information content (AvgIpc) is 2.54. The zero-order valence-corrected chi connectivity index (χ0v) is 12.2. The minimum absolute atomic E-state index is 0.0499. The fourth-order valence-electron chi connectivity index (χ4n) is 2.69. The third kappa shape index (κ3) is 3.00. The summed E-state index contributed by atoms with van der Waals surface area (Å²) in [7, 11) is 1.66. The van der Waals surface area contributed by atoms with Gasteiger partial charge in [-0.3, -0.25) is 4.90 Å². The number of pyridine rings is 1. The Hall–Kier alpha value is -1.69. The van der Waals surface area contributed by atoms with Crippen LogP contribution in [0, 0.1) is 0 Å². The number of aliphatic hydroxyl groups excluding tert-OH is 1. The number of benzene rings is 1. The summed E-state index contributed by atoms with van der Waals surface area (Å²) in [6, 6.07) is 10.1. The predicted molar refractivity (Wildman–Crippen MR) is 80.4 cm³/mol. The Morgan fingerprint density at radius 3 is 3.10 bits per heavy atom. The topological polar surface area (TPSA) is 54.8 Å². The fraction of sp³-hybridized carbons (Fsp3) is 0.438. The lowest BCUT2D eigenvalue weighted by atomic mass is 10.1. The van der Waals surface area contributed by atoms with Crippen molar-refractivity contribution in [1.82, 2.24) is 9.88 Å². The Bertz CT molecular complexity index is 617. The van der Waals surface area contributed by atoms with Crippen molar-refractivity contribution in [2.75, 3.05) is 33.5 Å². The highest BCUT2D eigenvalue weighted by Crippen LogP contribution is 2.24. The minimum atomic E-state index is 0.0499. The molecule has 0 saturated carbocycles. The molecular weight excluding hydrogens is 268 g/mol. The van der Waals surface area contributed by atoms with Gasteiger partial charge in [-0.1, -0.05) is 18.2 Å². The summed E-state index contributed by atoms with van der Waals surface area (Å²) in [5.41, 5.74) is 1.86. The van der Waals surface area contributed by atoms with Crippen molar-refractivity contribution >= 4 is 10.9 Å². The van der Waals surface area contributed by atoms with Gasteiger partial charge in [0.05, 0.1) is 38.7 Å². The van der Waals surface area contributed by atoms with Gasteiger partial charge in [-0.25, -0.2) is 4.98 Å². The third-order valence-corrected chi connectivity index (χ3v) is 3.89. The van der Waals surface area contributed by atoms with Gasteiger partial charge in [-0.2, -0.15) is 0 Å². The SMILES string of the molecule is COc1cccc2ccc(CN3CCOCC3CO)nc12. The molecule has 1 aromatic heterocycles. The maximum Gasteiger partial charge on any atom is 0.145 e. The molecule has 1 aliphatic heterocycles. The lowest BCUT2D eigenvalue weighted by Gasteiger charge is -2.34. The van der Waals surface area contributed by atoms with Crippen molar-refractivity contribution in [3.63, 3.8) is 0 Å². The molecule has 0 bridgehead atoms. The van der Waals surface area contributed by atoms with Crippen LogP contribution >= 0.6 is 0 Å². The molecular formula is C16H20N2O3. The molecule has 0 amide bonds. The fourth-order valence-corrected chi connectivity index (χ4v) is 2.69. The normalized spacial score (nSPS) is 19.8. The lowest BCUT2D eigenvalue weighted by Crippen LogP contribution is -2.46. The highest BCUT2D eigenvalue weighted by atomic mass is 16.5. The average molecular weight is 288 g/mol. The van der Waals surface area contributed by atoms with Gasteiger partial charge in [-0.15, -0.1) is 0 Å². The number of morpholine rings is 1. The van der Waals surface area contributed by atoms with Gasteiger partial charge in [0.15, 0.2) is 0 Å². The number of methoxy groups -OCH3 is 1. The molecule has 0 spiro atoms. The van der Waals surface area contributed by atoms with Crippen LogP contribution in [0.1, 0.15) is 5.69 Å². The zero-order valence-electron chi connectivity index (χ0n) is 12.2. The van der Waals surface area contributed by atoms with Gasteiger partial charge in [0.25, 0.3) is 0 Å². The van der Waals surface area contributed by atoms with Crippen LogP contribution in [0.2, 0.25) is 0 Å². The smallest absolute Gasteiger partial charge is 0.145 e. The van der Waals surface area contributed by atoms with Crippen LogP contribution < -0.4 is 4.74 Å². The molecule has 2 heterocycles. The number of hydrogen-bond donors (Lipinski definition) is 1. The van der Waals surface area contributed by atoms with Crippen molar-refractivity contribution < 1.29 is 14.6 Å². The van der Waals surface area contributed by atoms with Gasteiger partial charge in [0.1, 0.15) is 11.3 Å². The van der Waals surface area contributed by atoms with E-state index in [0.29, 0.717) is 19.8 Å². The van der Waals surface area contributed by atoms with E-state index in [1.807, 2.05) is 24.3 Å². The molecule has 1 saturated heterocycles. The van der Waals surface area contributed by atoms with E-state index in [-0.39, 0.29) is 12.6 Å². The van der Waals surface area contributed by atoms with Crippen molar-refractivity contribution in [2.45, 2.75) is 12.6 Å². The predicted octanol–water partition coefficient (Wildman–Crippen LogP) is 1.44. The summed E-state index contributed by atoms with van der Waals surface area (Å²) in [6.45, 7) is 2.91. The van der Waals surface area contributed by atoms with E-state index in [1.54, 1.807) is 7.11 Å². The van der Waals surface area contributed by atoms with Crippen LogP contribution in [-0.4, -0.2) is 54.5 Å². The molecule has 0 radical (unpaired) electrons. The molecule has 1 N–H and O–H groups in total. The molecule has 3 rings (SSSR count). The Labute approximate surface area is 124 Å². The zero-order chi connectivity index (χ0) is 14.7. The summed E-state index contributed by atoms with van der Waals surface area (Å²) in [6.07, 6.45) is 0. The summed E-state index contributed by atoms with van der Waals surface area (Å²) < 4.78 is 10.8. The van der Waals surface area contributed by atoms with E-state index < -0.39 is 0 Å². The minimum Gasteiger partial charge on any atom is -0.494 e. The molecule has 112 valence electrons. The van der Waals surface area contributed by atoms with Crippen LogP contribution in [-0.2, 0) is 11.3 Å². The van der Waals surface area contributed by atoms with Gasteiger partial charge in [-0.05, 0) is 12.1 Å². The number of rotatable bonds is 4. The summed E-state index contributed by atoms with van der Waals surface area (Å²) >= 11 is 0. The summed E-state index contributed by atoms with van der Waals surface area (Å²) in [5.74, 6) is 0.787. The monoisotopic (exact) mass is 288 g/mol. The number of ether oxygens (including phenoxy) is 2. The summed E-state index contributed by atoms with van der Waals surface area (Å²) in [4.78, 5) is 6.94. The first-order chi connectivity index (χ1) is 10.3. The van der Waals surface area contributed by atoms with Crippen molar-refractivity contribution in [1.29, 1.82) is 0 Å². The Morgan fingerprint density at radius 1 is 1.38 bits per heavy atom.